The molecule has 3 heteroatoms. The van der Waals surface area contributed by atoms with Crippen LogP contribution >= 0.6 is 0 Å². The Morgan fingerprint density at radius 1 is 0.889 bits per heavy atom. The quantitative estimate of drug-likeness (QED) is 0.413. The van der Waals surface area contributed by atoms with Gasteiger partial charge in [0.1, 0.15) is 5.71 Å². The van der Waals surface area contributed by atoms with Crippen molar-refractivity contribution in [1.82, 2.24) is 0 Å². The van der Waals surface area contributed by atoms with E-state index in [4.69, 9.17) is 18.1 Å². The second-order valence-electron chi connectivity index (χ2n) is 6.50. The van der Waals surface area contributed by atoms with Gasteiger partial charge < -0.3 is 5.21 Å². The molecule has 0 aromatic heterocycles. The van der Waals surface area contributed by atoms with E-state index in [1.54, 1.807) is 0 Å². The molecule has 0 aromatic rings. The number of terminal acetylenes is 2. The van der Waals surface area contributed by atoms with E-state index in [1.807, 2.05) is 6.92 Å². The Morgan fingerprint density at radius 3 is 1.56 bits per heavy atom. The molecule has 2 aliphatic carbocycles. The lowest BCUT2D eigenvalue weighted by molar-refractivity contribution is -0.117. The Hall–Kier alpha value is -3.94. The summed E-state index contributed by atoms with van der Waals surface area (Å²) < 4.78 is 0. The predicted octanol–water partition coefficient (Wildman–Crippen LogP) is 2.11. The smallest absolute Gasteiger partial charge is 0.184 e. The van der Waals surface area contributed by atoms with Gasteiger partial charge in [-0.15, -0.1) is 12.8 Å². The highest BCUT2D eigenvalue weighted by Crippen LogP contribution is 2.62. The standard InChI is InChI=1S/C14H2.C10H15NO2/c1-3-5-7-9-11-13-14-12-10-8-6-4-2;1-9(2)6-4-5-10(9,3)8(11-13)7(6)12/h1-2H;6,13H,4-5H2,1-3H3/b;11-8-. The van der Waals surface area contributed by atoms with Crippen molar-refractivity contribution in [2.45, 2.75) is 33.6 Å². The van der Waals surface area contributed by atoms with Gasteiger partial charge in [0.05, 0.1) is 0 Å². The summed E-state index contributed by atoms with van der Waals surface area (Å²) in [6.45, 7) is 6.23. The maximum Gasteiger partial charge on any atom is 0.184 e. The van der Waals surface area contributed by atoms with Crippen molar-refractivity contribution in [2.75, 3.05) is 0 Å². The summed E-state index contributed by atoms with van der Waals surface area (Å²) in [6, 6.07) is 0. The van der Waals surface area contributed by atoms with Crippen LogP contribution in [-0.2, 0) is 4.79 Å². The average Bonchev–Trinajstić information content (AvgIpc) is 2.95. The summed E-state index contributed by atoms with van der Waals surface area (Å²) in [6.07, 6.45) is 11.6. The number of carbonyl (C=O) groups is 1. The van der Waals surface area contributed by atoms with Gasteiger partial charge in [-0.3, -0.25) is 4.79 Å². The zero-order chi connectivity index (χ0) is 20.3. The van der Waals surface area contributed by atoms with E-state index in [-0.39, 0.29) is 22.5 Å². The summed E-state index contributed by atoms with van der Waals surface area (Å²) in [5.41, 5.74) is 0.156. The van der Waals surface area contributed by atoms with Crippen molar-refractivity contribution in [2.24, 2.45) is 21.9 Å². The number of carbonyl (C=O) groups excluding carboxylic acids is 1. The second-order valence-corrected chi connectivity index (χ2v) is 6.50. The molecule has 2 atom stereocenters. The van der Waals surface area contributed by atoms with Crippen LogP contribution in [0.1, 0.15) is 33.6 Å². The van der Waals surface area contributed by atoms with Gasteiger partial charge in [0, 0.05) is 11.3 Å². The summed E-state index contributed by atoms with van der Waals surface area (Å²) in [4.78, 5) is 11.7. The third-order valence-electron chi connectivity index (χ3n) is 5.11. The van der Waals surface area contributed by atoms with Gasteiger partial charge in [0.25, 0.3) is 0 Å². The van der Waals surface area contributed by atoms with E-state index < -0.39 is 0 Å². The van der Waals surface area contributed by atoms with E-state index >= 15 is 0 Å². The lowest BCUT2D eigenvalue weighted by atomic mass is 9.70. The predicted molar refractivity (Wildman–Crippen MR) is 105 cm³/mol. The Kier molecular flexibility index (Phi) is 7.44. The van der Waals surface area contributed by atoms with Gasteiger partial charge in [-0.25, -0.2) is 0 Å². The fraction of sp³-hybridized carbons (Fsp3) is 0.333. The molecule has 0 saturated heterocycles. The highest BCUT2D eigenvalue weighted by Gasteiger charge is 2.65. The Morgan fingerprint density at radius 2 is 1.30 bits per heavy atom. The molecule has 2 rings (SSSR count). The van der Waals surface area contributed by atoms with Gasteiger partial charge in [-0.2, -0.15) is 0 Å². The number of fused-ring (bicyclic) bond motifs is 2. The van der Waals surface area contributed by atoms with Crippen LogP contribution in [-0.4, -0.2) is 16.7 Å². The number of hydrogen-bond donors (Lipinski definition) is 1. The van der Waals surface area contributed by atoms with Crippen molar-refractivity contribution in [1.29, 1.82) is 0 Å². The minimum Gasteiger partial charge on any atom is -0.411 e. The molecule has 0 aromatic carbocycles. The minimum absolute atomic E-state index is 0.0361. The van der Waals surface area contributed by atoms with Crippen LogP contribution in [0, 0.1) is 101 Å². The largest absolute Gasteiger partial charge is 0.411 e. The first-order chi connectivity index (χ1) is 12.9. The Labute approximate surface area is 161 Å². The third kappa shape index (κ3) is 4.57. The number of Topliss-reactive ketones (excluding diaryl/α,β-unsaturated/α-hetero) is 1. The van der Waals surface area contributed by atoms with Gasteiger partial charge in [-0.1, -0.05) is 25.9 Å². The molecule has 0 amide bonds. The highest BCUT2D eigenvalue weighted by molar-refractivity contribution is 6.45. The zero-order valence-electron chi connectivity index (χ0n) is 15.4. The molecular formula is C24H17NO2. The monoisotopic (exact) mass is 351 g/mol. The maximum absolute atomic E-state index is 11.7. The molecule has 1 N–H and O–H groups in total. The minimum atomic E-state index is -0.205. The van der Waals surface area contributed by atoms with E-state index in [2.05, 4.69) is 90.0 Å². The topological polar surface area (TPSA) is 49.7 Å². The lowest BCUT2D eigenvalue weighted by Crippen LogP contribution is -2.33. The first kappa shape index (κ1) is 21.1. The number of nitrogens with zero attached hydrogens (tertiary/aromatic N) is 1. The fourth-order valence-electron chi connectivity index (χ4n) is 3.30. The van der Waals surface area contributed by atoms with Crippen molar-refractivity contribution in [3.63, 3.8) is 0 Å². The summed E-state index contributed by atoms with van der Waals surface area (Å²) in [7, 11) is 0. The molecule has 0 radical (unpaired) electrons. The molecule has 2 fully saturated rings. The van der Waals surface area contributed by atoms with Crippen LogP contribution in [0.2, 0.25) is 0 Å². The van der Waals surface area contributed by atoms with Crippen LogP contribution in [0.15, 0.2) is 5.16 Å². The second kappa shape index (κ2) is 9.52. The molecule has 2 unspecified atom stereocenters. The molecule has 0 heterocycles. The van der Waals surface area contributed by atoms with Gasteiger partial charge in [0.2, 0.25) is 0 Å². The van der Waals surface area contributed by atoms with Crippen LogP contribution < -0.4 is 0 Å². The SMILES string of the molecule is C#CC#CC#CC#CC#CC#CC#C.CC12CCC(C(=O)/C1=N/O)C2(C)C. The maximum atomic E-state index is 11.7. The van der Waals surface area contributed by atoms with Crippen LogP contribution in [0.5, 0.6) is 0 Å². The van der Waals surface area contributed by atoms with E-state index in [0.717, 1.165) is 12.8 Å². The fourth-order valence-corrected chi connectivity index (χ4v) is 3.30. The van der Waals surface area contributed by atoms with Crippen molar-refractivity contribution in [3.05, 3.63) is 0 Å². The molecule has 2 saturated carbocycles. The Bertz CT molecular complexity index is 995. The number of rotatable bonds is 0. The number of ketones is 1. The molecule has 0 aliphatic heterocycles. The Balaban J connectivity index is 0.000000270. The molecule has 0 spiro atoms. The van der Waals surface area contributed by atoms with Crippen molar-refractivity contribution < 1.29 is 10.0 Å². The number of oxime groups is 1. The van der Waals surface area contributed by atoms with Gasteiger partial charge in [-0.05, 0) is 89.3 Å². The van der Waals surface area contributed by atoms with E-state index in [0.29, 0.717) is 5.71 Å². The van der Waals surface area contributed by atoms with Crippen molar-refractivity contribution >= 4 is 11.5 Å². The normalized spacial score (nSPS) is 23.4. The van der Waals surface area contributed by atoms with Gasteiger partial charge in [0.15, 0.2) is 5.78 Å². The first-order valence-corrected chi connectivity index (χ1v) is 8.04. The van der Waals surface area contributed by atoms with Gasteiger partial charge >= 0.3 is 0 Å². The van der Waals surface area contributed by atoms with Crippen LogP contribution in [0.3, 0.4) is 0 Å². The van der Waals surface area contributed by atoms with E-state index in [1.165, 1.54) is 0 Å². The molecular weight excluding hydrogens is 334 g/mol. The lowest BCUT2D eigenvalue weighted by Gasteiger charge is -2.32. The molecule has 2 bridgehead atoms. The van der Waals surface area contributed by atoms with Crippen LogP contribution in [0.4, 0.5) is 0 Å². The summed E-state index contributed by atoms with van der Waals surface area (Å²) in [5, 5.41) is 12.0. The summed E-state index contributed by atoms with van der Waals surface area (Å²) >= 11 is 0. The molecule has 130 valence electrons. The van der Waals surface area contributed by atoms with E-state index in [9.17, 15) is 4.79 Å². The van der Waals surface area contributed by atoms with Crippen LogP contribution in [0.25, 0.3) is 0 Å². The zero-order valence-corrected chi connectivity index (χ0v) is 15.4. The average molecular weight is 351 g/mol. The molecule has 27 heavy (non-hydrogen) atoms. The molecule has 2 aliphatic rings. The van der Waals surface area contributed by atoms with Crippen molar-refractivity contribution in [3.8, 4) is 83.9 Å². The molecule has 3 nitrogen and oxygen atoms in total. The number of hydrogen-bond acceptors (Lipinski definition) is 3. The summed E-state index contributed by atoms with van der Waals surface area (Å²) in [5.74, 6) is 28.4. The highest BCUT2D eigenvalue weighted by atomic mass is 16.4. The first-order valence-electron chi connectivity index (χ1n) is 8.04. The third-order valence-corrected chi connectivity index (χ3v) is 5.11.